The van der Waals surface area contributed by atoms with E-state index in [0.717, 1.165) is 35.5 Å². The molecule has 1 aromatic carbocycles. The van der Waals surface area contributed by atoms with E-state index < -0.39 is 0 Å². The molecule has 0 aliphatic heterocycles. The third-order valence-electron chi connectivity index (χ3n) is 2.90. The normalized spacial score (nSPS) is 10.8. The number of benzene rings is 1. The minimum Gasteiger partial charge on any atom is -0.370 e. The van der Waals surface area contributed by atoms with Crippen molar-refractivity contribution in [3.63, 3.8) is 0 Å². The van der Waals surface area contributed by atoms with Crippen LogP contribution in [0.4, 0.5) is 5.82 Å². The van der Waals surface area contributed by atoms with E-state index in [2.05, 4.69) is 27.3 Å². The fraction of sp³-hybridized carbons (Fsp3) is 0.214. The Labute approximate surface area is 111 Å². The average molecular weight is 253 g/mol. The molecule has 0 saturated heterocycles. The molecule has 0 spiro atoms. The van der Waals surface area contributed by atoms with Crippen LogP contribution in [0, 0.1) is 0 Å². The van der Waals surface area contributed by atoms with Crippen LogP contribution in [0.3, 0.4) is 0 Å². The van der Waals surface area contributed by atoms with Crippen molar-refractivity contribution in [1.82, 2.24) is 19.7 Å². The van der Waals surface area contributed by atoms with Crippen LogP contribution in [0.1, 0.15) is 13.3 Å². The number of para-hydroxylation sites is 1. The molecule has 0 bridgehead atoms. The standard InChI is InChI=1S/C14H15N5/c1-2-7-15-13-8-14(17-10-16-13)19-12-6-4-3-5-11(12)9-18-19/h3-6,8-10H,2,7H2,1H3,(H,15,16,17). The van der Waals surface area contributed by atoms with Crippen LogP contribution in [0.5, 0.6) is 0 Å². The molecular formula is C14H15N5. The Kier molecular flexibility index (Phi) is 3.10. The topological polar surface area (TPSA) is 55.6 Å². The van der Waals surface area contributed by atoms with E-state index >= 15 is 0 Å². The predicted octanol–water partition coefficient (Wildman–Crippen LogP) is 2.64. The number of nitrogens with zero attached hydrogens (tertiary/aromatic N) is 4. The highest BCUT2D eigenvalue weighted by atomic mass is 15.3. The minimum absolute atomic E-state index is 0.773. The van der Waals surface area contributed by atoms with E-state index in [4.69, 9.17) is 0 Å². The summed E-state index contributed by atoms with van der Waals surface area (Å²) in [6.07, 6.45) is 4.46. The average Bonchev–Trinajstić information content (AvgIpc) is 2.89. The second-order valence-electron chi connectivity index (χ2n) is 4.30. The van der Waals surface area contributed by atoms with Crippen molar-refractivity contribution in [2.24, 2.45) is 0 Å². The highest BCUT2D eigenvalue weighted by molar-refractivity contribution is 5.79. The lowest BCUT2D eigenvalue weighted by molar-refractivity contribution is 0.863. The van der Waals surface area contributed by atoms with Crippen LogP contribution in [-0.4, -0.2) is 26.3 Å². The first kappa shape index (κ1) is 11.6. The molecule has 3 rings (SSSR count). The first-order valence-electron chi connectivity index (χ1n) is 6.37. The van der Waals surface area contributed by atoms with Gasteiger partial charge in [-0.1, -0.05) is 25.1 Å². The van der Waals surface area contributed by atoms with E-state index in [0.29, 0.717) is 0 Å². The summed E-state index contributed by atoms with van der Waals surface area (Å²) in [5, 5.41) is 8.74. The van der Waals surface area contributed by atoms with Crippen molar-refractivity contribution < 1.29 is 0 Å². The van der Waals surface area contributed by atoms with Gasteiger partial charge >= 0.3 is 0 Å². The van der Waals surface area contributed by atoms with Crippen molar-refractivity contribution in [2.75, 3.05) is 11.9 Å². The number of rotatable bonds is 4. The zero-order valence-corrected chi connectivity index (χ0v) is 10.7. The zero-order valence-electron chi connectivity index (χ0n) is 10.7. The van der Waals surface area contributed by atoms with E-state index in [1.54, 1.807) is 6.33 Å². The smallest absolute Gasteiger partial charge is 0.159 e. The lowest BCUT2D eigenvalue weighted by Crippen LogP contribution is -2.05. The maximum atomic E-state index is 4.39. The Hall–Kier alpha value is -2.43. The third-order valence-corrected chi connectivity index (χ3v) is 2.90. The van der Waals surface area contributed by atoms with Crippen molar-refractivity contribution in [3.05, 3.63) is 42.9 Å². The van der Waals surface area contributed by atoms with Crippen LogP contribution in [0.15, 0.2) is 42.9 Å². The second kappa shape index (κ2) is 5.06. The van der Waals surface area contributed by atoms with Gasteiger partial charge in [0.05, 0.1) is 11.7 Å². The van der Waals surface area contributed by atoms with Gasteiger partial charge in [0.15, 0.2) is 5.82 Å². The van der Waals surface area contributed by atoms with Crippen LogP contribution < -0.4 is 5.32 Å². The molecule has 0 radical (unpaired) electrons. The van der Waals surface area contributed by atoms with Crippen LogP contribution in [-0.2, 0) is 0 Å². The highest BCUT2D eigenvalue weighted by Crippen LogP contribution is 2.17. The Morgan fingerprint density at radius 2 is 2.11 bits per heavy atom. The van der Waals surface area contributed by atoms with Crippen molar-refractivity contribution >= 4 is 16.7 Å². The summed E-state index contributed by atoms with van der Waals surface area (Å²) in [7, 11) is 0. The van der Waals surface area contributed by atoms with E-state index in [1.165, 1.54) is 0 Å². The predicted molar refractivity (Wildman–Crippen MR) is 75.4 cm³/mol. The Bertz CT molecular complexity index is 689. The molecule has 0 fully saturated rings. The minimum atomic E-state index is 0.773. The van der Waals surface area contributed by atoms with Gasteiger partial charge < -0.3 is 5.32 Å². The Balaban J connectivity index is 2.01. The molecule has 2 heterocycles. The van der Waals surface area contributed by atoms with Gasteiger partial charge in [-0.05, 0) is 12.5 Å². The van der Waals surface area contributed by atoms with Gasteiger partial charge in [0.2, 0.25) is 0 Å². The fourth-order valence-electron chi connectivity index (χ4n) is 1.97. The van der Waals surface area contributed by atoms with Gasteiger partial charge in [-0.25, -0.2) is 14.6 Å². The molecule has 3 aromatic rings. The molecule has 0 aliphatic carbocycles. The number of hydrogen-bond acceptors (Lipinski definition) is 4. The van der Waals surface area contributed by atoms with Crippen molar-refractivity contribution in [3.8, 4) is 5.82 Å². The summed E-state index contributed by atoms with van der Waals surface area (Å²) in [6.45, 7) is 3.02. The van der Waals surface area contributed by atoms with Gasteiger partial charge in [0.25, 0.3) is 0 Å². The highest BCUT2D eigenvalue weighted by Gasteiger charge is 2.06. The summed E-state index contributed by atoms with van der Waals surface area (Å²) in [4.78, 5) is 8.49. The summed E-state index contributed by atoms with van der Waals surface area (Å²) in [6, 6.07) is 9.98. The largest absolute Gasteiger partial charge is 0.370 e. The van der Waals surface area contributed by atoms with Gasteiger partial charge in [-0.15, -0.1) is 0 Å². The Morgan fingerprint density at radius 3 is 3.00 bits per heavy atom. The first-order chi connectivity index (χ1) is 9.38. The number of hydrogen-bond donors (Lipinski definition) is 1. The fourth-order valence-corrected chi connectivity index (χ4v) is 1.97. The maximum absolute atomic E-state index is 4.39. The molecule has 0 amide bonds. The number of aromatic nitrogens is 4. The molecule has 0 saturated carbocycles. The number of anilines is 1. The van der Waals surface area contributed by atoms with Crippen molar-refractivity contribution in [2.45, 2.75) is 13.3 Å². The lowest BCUT2D eigenvalue weighted by atomic mass is 10.2. The Morgan fingerprint density at radius 1 is 1.21 bits per heavy atom. The summed E-state index contributed by atoms with van der Waals surface area (Å²) in [5.74, 6) is 1.60. The molecule has 2 aromatic heterocycles. The first-order valence-corrected chi connectivity index (χ1v) is 6.37. The van der Waals surface area contributed by atoms with Crippen molar-refractivity contribution in [1.29, 1.82) is 0 Å². The molecule has 0 unspecified atom stereocenters. The van der Waals surface area contributed by atoms with Crippen LogP contribution in [0.25, 0.3) is 16.7 Å². The van der Waals surface area contributed by atoms with Gasteiger partial charge in [-0.2, -0.15) is 5.10 Å². The molecule has 0 atom stereocenters. The number of fused-ring (bicyclic) bond motifs is 1. The summed E-state index contributed by atoms with van der Waals surface area (Å²) < 4.78 is 1.83. The van der Waals surface area contributed by atoms with Gasteiger partial charge in [0, 0.05) is 18.0 Å². The molecular weight excluding hydrogens is 238 g/mol. The zero-order chi connectivity index (χ0) is 13.1. The monoisotopic (exact) mass is 253 g/mol. The maximum Gasteiger partial charge on any atom is 0.159 e. The molecule has 19 heavy (non-hydrogen) atoms. The van der Waals surface area contributed by atoms with Gasteiger partial charge in [-0.3, -0.25) is 0 Å². The molecule has 5 nitrogen and oxygen atoms in total. The van der Waals surface area contributed by atoms with Crippen LogP contribution in [0.2, 0.25) is 0 Å². The lowest BCUT2D eigenvalue weighted by Gasteiger charge is -2.06. The molecule has 96 valence electrons. The number of nitrogens with one attached hydrogen (secondary N) is 1. The molecule has 1 N–H and O–H groups in total. The van der Waals surface area contributed by atoms with E-state index in [-0.39, 0.29) is 0 Å². The summed E-state index contributed by atoms with van der Waals surface area (Å²) >= 11 is 0. The SMILES string of the molecule is CCCNc1cc(-n2ncc3ccccc32)ncn1. The molecule has 0 aliphatic rings. The summed E-state index contributed by atoms with van der Waals surface area (Å²) in [5.41, 5.74) is 1.04. The third kappa shape index (κ3) is 2.27. The van der Waals surface area contributed by atoms with Gasteiger partial charge in [0.1, 0.15) is 12.1 Å². The van der Waals surface area contributed by atoms with Crippen LogP contribution >= 0.6 is 0 Å². The second-order valence-corrected chi connectivity index (χ2v) is 4.30. The van der Waals surface area contributed by atoms with E-state index in [1.807, 2.05) is 41.2 Å². The quantitative estimate of drug-likeness (QED) is 0.776. The van der Waals surface area contributed by atoms with E-state index in [9.17, 15) is 0 Å². The molecule has 5 heteroatoms.